The van der Waals surface area contributed by atoms with Crippen molar-refractivity contribution in [3.63, 3.8) is 0 Å². The van der Waals surface area contributed by atoms with Crippen molar-refractivity contribution in [2.45, 2.75) is 45.2 Å². The number of aromatic amines is 1. The number of nitrogens with zero attached hydrogens (tertiary/aromatic N) is 3. The number of rotatable bonds is 3. The highest BCUT2D eigenvalue weighted by atomic mass is 32.2. The standard InChI is InChI=1S/C18H26N4O3S/c1-12(2)6-7-21-8-9-22(16-11-26(24,25)10-15(16)21)18(23)17-13-4-3-5-14(13)19-20-17/h6,15-16H,3-5,7-11H2,1-2H3,(H,19,20)/t15-,16+/m0/s1. The van der Waals surface area contributed by atoms with Gasteiger partial charge in [0.1, 0.15) is 0 Å². The molecule has 0 bridgehead atoms. The third-order valence-corrected chi connectivity index (χ3v) is 7.49. The molecule has 8 heteroatoms. The summed E-state index contributed by atoms with van der Waals surface area (Å²) in [6.07, 6.45) is 4.98. The number of amides is 1. The van der Waals surface area contributed by atoms with Gasteiger partial charge in [0.25, 0.3) is 5.91 Å². The summed E-state index contributed by atoms with van der Waals surface area (Å²) in [5.41, 5.74) is 3.80. The van der Waals surface area contributed by atoms with Gasteiger partial charge in [-0.15, -0.1) is 0 Å². The lowest BCUT2D eigenvalue weighted by molar-refractivity contribution is 0.0362. The maximum atomic E-state index is 13.2. The highest BCUT2D eigenvalue weighted by Gasteiger charge is 2.48. The van der Waals surface area contributed by atoms with Crippen LogP contribution in [0, 0.1) is 0 Å². The number of H-pyrrole nitrogens is 1. The van der Waals surface area contributed by atoms with Crippen LogP contribution in [0.1, 0.15) is 42.0 Å². The lowest BCUT2D eigenvalue weighted by Gasteiger charge is -2.43. The van der Waals surface area contributed by atoms with Crippen LogP contribution in [0.15, 0.2) is 11.6 Å². The Morgan fingerprint density at radius 2 is 2.00 bits per heavy atom. The van der Waals surface area contributed by atoms with E-state index < -0.39 is 9.84 Å². The van der Waals surface area contributed by atoms with E-state index in [1.807, 2.05) is 13.8 Å². The number of hydrogen-bond donors (Lipinski definition) is 1. The SMILES string of the molecule is CC(C)=CCN1CCN(C(=O)c2n[nH]c3c2CCC3)[C@@H]2CS(=O)(=O)C[C@@H]21. The molecule has 0 radical (unpaired) electrons. The van der Waals surface area contributed by atoms with Crippen molar-refractivity contribution in [3.05, 3.63) is 28.6 Å². The fraction of sp³-hybridized carbons (Fsp3) is 0.667. The van der Waals surface area contributed by atoms with Gasteiger partial charge >= 0.3 is 0 Å². The molecule has 0 saturated carbocycles. The van der Waals surface area contributed by atoms with Crippen LogP contribution in [-0.2, 0) is 22.7 Å². The lowest BCUT2D eigenvalue weighted by Crippen LogP contribution is -2.60. The van der Waals surface area contributed by atoms with Crippen LogP contribution >= 0.6 is 0 Å². The second-order valence-electron chi connectivity index (χ2n) is 7.87. The van der Waals surface area contributed by atoms with Crippen LogP contribution in [0.2, 0.25) is 0 Å². The smallest absolute Gasteiger partial charge is 0.275 e. The first kappa shape index (κ1) is 17.7. The number of sulfone groups is 1. The number of allylic oxidation sites excluding steroid dienone is 1. The van der Waals surface area contributed by atoms with E-state index in [2.05, 4.69) is 21.2 Å². The molecule has 2 atom stereocenters. The average molecular weight is 378 g/mol. The molecule has 0 aromatic carbocycles. The van der Waals surface area contributed by atoms with Crippen molar-refractivity contribution >= 4 is 15.7 Å². The highest BCUT2D eigenvalue weighted by molar-refractivity contribution is 7.91. The van der Waals surface area contributed by atoms with E-state index in [0.29, 0.717) is 18.8 Å². The zero-order valence-corrected chi connectivity index (χ0v) is 16.2. The summed E-state index contributed by atoms with van der Waals surface area (Å²) < 4.78 is 24.6. The summed E-state index contributed by atoms with van der Waals surface area (Å²) in [4.78, 5) is 17.1. The first-order valence-corrected chi connectivity index (χ1v) is 11.1. The Morgan fingerprint density at radius 3 is 2.77 bits per heavy atom. The minimum Gasteiger partial charge on any atom is -0.330 e. The van der Waals surface area contributed by atoms with Gasteiger partial charge in [0.15, 0.2) is 15.5 Å². The predicted molar refractivity (Wildman–Crippen MR) is 98.9 cm³/mol. The molecule has 3 aliphatic rings. The summed E-state index contributed by atoms with van der Waals surface area (Å²) >= 11 is 0. The fourth-order valence-electron chi connectivity index (χ4n) is 4.44. The Bertz CT molecular complexity index is 854. The van der Waals surface area contributed by atoms with Crippen molar-refractivity contribution in [2.75, 3.05) is 31.1 Å². The molecular weight excluding hydrogens is 352 g/mol. The van der Waals surface area contributed by atoms with Crippen molar-refractivity contribution in [1.82, 2.24) is 20.0 Å². The van der Waals surface area contributed by atoms with Gasteiger partial charge < -0.3 is 4.90 Å². The molecule has 1 aromatic rings. The Labute approximate surface area is 154 Å². The molecule has 1 amide bonds. The maximum absolute atomic E-state index is 13.2. The molecule has 1 N–H and O–H groups in total. The van der Waals surface area contributed by atoms with E-state index in [4.69, 9.17) is 0 Å². The molecular formula is C18H26N4O3S. The summed E-state index contributed by atoms with van der Waals surface area (Å²) in [5.74, 6) is 0.0799. The zero-order chi connectivity index (χ0) is 18.5. The van der Waals surface area contributed by atoms with E-state index >= 15 is 0 Å². The number of carbonyl (C=O) groups is 1. The molecule has 7 nitrogen and oxygen atoms in total. The normalized spacial score (nSPS) is 27.2. The second-order valence-corrected chi connectivity index (χ2v) is 10.0. The first-order chi connectivity index (χ1) is 12.4. The van der Waals surface area contributed by atoms with Crippen molar-refractivity contribution < 1.29 is 13.2 Å². The number of aryl methyl sites for hydroxylation is 1. The van der Waals surface area contributed by atoms with Gasteiger partial charge in [-0.2, -0.15) is 5.10 Å². The largest absolute Gasteiger partial charge is 0.330 e. The number of carbonyl (C=O) groups excluding carboxylic acids is 1. The first-order valence-electron chi connectivity index (χ1n) is 9.30. The topological polar surface area (TPSA) is 86.4 Å². The third kappa shape index (κ3) is 3.09. The molecule has 2 aliphatic heterocycles. The van der Waals surface area contributed by atoms with Crippen LogP contribution in [0.25, 0.3) is 0 Å². The molecule has 0 spiro atoms. The minimum absolute atomic E-state index is 0.0569. The Kier molecular flexibility index (Phi) is 4.43. The van der Waals surface area contributed by atoms with Gasteiger partial charge in [-0.1, -0.05) is 11.6 Å². The Morgan fingerprint density at radius 1 is 1.23 bits per heavy atom. The van der Waals surface area contributed by atoms with E-state index in [-0.39, 0.29) is 29.5 Å². The summed E-state index contributed by atoms with van der Waals surface area (Å²) in [6, 6.07) is -0.402. The quantitative estimate of drug-likeness (QED) is 0.786. The molecule has 4 rings (SSSR count). The Balaban J connectivity index is 1.60. The monoisotopic (exact) mass is 378 g/mol. The van der Waals surface area contributed by atoms with Crippen LogP contribution < -0.4 is 0 Å². The fourth-order valence-corrected chi connectivity index (χ4v) is 6.45. The summed E-state index contributed by atoms with van der Waals surface area (Å²) in [6.45, 7) is 6.06. The number of hydrogen-bond acceptors (Lipinski definition) is 5. The van der Waals surface area contributed by atoms with Gasteiger partial charge in [-0.3, -0.25) is 14.8 Å². The Hall–Kier alpha value is -1.67. The number of fused-ring (bicyclic) bond motifs is 2. The average Bonchev–Trinajstić information content (AvgIpc) is 3.24. The van der Waals surface area contributed by atoms with Crippen LogP contribution in [-0.4, -0.2) is 77.5 Å². The van der Waals surface area contributed by atoms with Gasteiger partial charge in [-0.05, 0) is 33.1 Å². The van der Waals surface area contributed by atoms with Gasteiger partial charge in [0.2, 0.25) is 0 Å². The summed E-state index contributed by atoms with van der Waals surface area (Å²) in [7, 11) is -3.13. The van der Waals surface area contributed by atoms with E-state index in [1.165, 1.54) is 5.57 Å². The van der Waals surface area contributed by atoms with Crippen LogP contribution in [0.3, 0.4) is 0 Å². The zero-order valence-electron chi connectivity index (χ0n) is 15.4. The minimum atomic E-state index is -3.13. The van der Waals surface area contributed by atoms with E-state index in [0.717, 1.165) is 37.1 Å². The maximum Gasteiger partial charge on any atom is 0.275 e. The molecule has 3 heterocycles. The van der Waals surface area contributed by atoms with Crippen molar-refractivity contribution in [2.24, 2.45) is 0 Å². The highest BCUT2D eigenvalue weighted by Crippen LogP contribution is 2.30. The lowest BCUT2D eigenvalue weighted by atomic mass is 10.0. The van der Waals surface area contributed by atoms with Gasteiger partial charge in [0, 0.05) is 36.9 Å². The van der Waals surface area contributed by atoms with Gasteiger partial charge in [0.05, 0.1) is 17.5 Å². The number of nitrogens with one attached hydrogen (secondary N) is 1. The van der Waals surface area contributed by atoms with Gasteiger partial charge in [-0.25, -0.2) is 8.42 Å². The third-order valence-electron chi connectivity index (χ3n) is 5.79. The molecule has 1 aromatic heterocycles. The van der Waals surface area contributed by atoms with Crippen molar-refractivity contribution in [1.29, 1.82) is 0 Å². The van der Waals surface area contributed by atoms with Crippen LogP contribution in [0.5, 0.6) is 0 Å². The predicted octanol–water partition coefficient (Wildman–Crippen LogP) is 0.788. The van der Waals surface area contributed by atoms with E-state index in [1.54, 1.807) is 4.90 Å². The molecule has 26 heavy (non-hydrogen) atoms. The molecule has 142 valence electrons. The molecule has 2 fully saturated rings. The number of piperazine rings is 1. The summed E-state index contributed by atoms with van der Waals surface area (Å²) in [5, 5.41) is 7.24. The van der Waals surface area contributed by atoms with Crippen molar-refractivity contribution in [3.8, 4) is 0 Å². The second kappa shape index (κ2) is 6.49. The molecule has 0 unspecified atom stereocenters. The van der Waals surface area contributed by atoms with Crippen LogP contribution in [0.4, 0.5) is 0 Å². The molecule has 2 saturated heterocycles. The molecule has 1 aliphatic carbocycles. The number of aromatic nitrogens is 2. The van der Waals surface area contributed by atoms with E-state index in [9.17, 15) is 13.2 Å².